The average molecular weight is 977 g/mol. The quantitative estimate of drug-likeness (QED) is 0.0375. The Kier molecular flexibility index (Phi) is 17.5. The van der Waals surface area contributed by atoms with Crippen molar-refractivity contribution < 1.29 is 38.2 Å². The Balaban J connectivity index is 1.30. The molecule has 4 atom stereocenters. The van der Waals surface area contributed by atoms with Gasteiger partial charge < -0.3 is 30.7 Å². The smallest absolute Gasteiger partial charge is 0.258 e. The number of azo groups is 2. The van der Waals surface area contributed by atoms with Gasteiger partial charge in [0.05, 0.1) is 46.4 Å². The van der Waals surface area contributed by atoms with Crippen molar-refractivity contribution in [1.29, 1.82) is 0 Å². The van der Waals surface area contributed by atoms with E-state index in [-0.39, 0.29) is 66.2 Å². The summed E-state index contributed by atoms with van der Waals surface area (Å²) in [5.74, 6) is -4.19. The first-order valence-corrected chi connectivity index (χ1v) is 21.4. The molecule has 0 heterocycles. The Labute approximate surface area is 399 Å². The third-order valence-electron chi connectivity index (χ3n) is 9.49. The maximum absolute atomic E-state index is 13.5. The number of benzene rings is 5. The molecule has 0 spiro atoms. The Hall–Kier alpha value is -6.72. The van der Waals surface area contributed by atoms with Crippen LogP contribution in [0.1, 0.15) is 70.3 Å². The van der Waals surface area contributed by atoms with Crippen molar-refractivity contribution >= 4 is 116 Å². The highest BCUT2D eigenvalue weighted by molar-refractivity contribution is 6.33. The fraction of sp³-hybridized carbons (Fsp3) is 0.217. The topological polar surface area (TPSA) is 218 Å². The zero-order valence-corrected chi connectivity index (χ0v) is 39.1. The van der Waals surface area contributed by atoms with E-state index in [1.807, 2.05) is 12.1 Å². The number of hydrogen-bond acceptors (Lipinski definition) is 12. The summed E-state index contributed by atoms with van der Waals surface area (Å²) in [5, 5.41) is 26.3. The van der Waals surface area contributed by atoms with E-state index in [2.05, 4.69) is 41.7 Å². The lowest BCUT2D eigenvalue weighted by Crippen LogP contribution is -2.32. The van der Waals surface area contributed by atoms with Crippen LogP contribution in [0, 0.1) is 0 Å². The molecule has 0 saturated carbocycles. The van der Waals surface area contributed by atoms with Crippen LogP contribution in [-0.4, -0.2) is 61.5 Å². The summed E-state index contributed by atoms with van der Waals surface area (Å²) < 4.78 is 11.0. The SMILES string of the molecule is COc1cc(NC(=O)C(N=Nc2cc(C(=O)Nc3cccc(C(C)Cl)c3)ccc2Cl)C(C)=O)c(OC)cc1NC(=O)C(N=Nc1cc(C(=O)Nc2cccc(C(C)Cl)c2)ccc1Cl)C(C)=O. The molecule has 0 aliphatic rings. The molecule has 0 radical (unpaired) electrons. The number of ether oxygens (including phenoxy) is 2. The summed E-state index contributed by atoms with van der Waals surface area (Å²) in [6.45, 7) is 5.88. The average Bonchev–Trinajstić information content (AvgIpc) is 3.27. The van der Waals surface area contributed by atoms with Crippen LogP contribution >= 0.6 is 46.4 Å². The number of anilines is 4. The first-order valence-electron chi connectivity index (χ1n) is 19.8. The third-order valence-corrected chi connectivity index (χ3v) is 10.6. The summed E-state index contributed by atoms with van der Waals surface area (Å²) in [5.41, 5.74) is 2.99. The number of ketones is 2. The standard InChI is InChI=1S/C46H42Cl4N8O8/c1-23(47)27-9-7-11-31(17-27)51-43(61)29-13-15-33(49)35(19-29)55-57-41(25(3)59)45(63)53-37-21-40(66-6)38(22-39(37)65-5)54-46(64)42(26(4)60)58-56-36-20-30(14-16-34(36)50)44(62)52-32-12-8-10-28(18-32)24(2)48/h7-24,41-42H,1-6H3,(H,51,61)(H,52,62)(H,53,63)(H,54,64). The molecule has 0 aliphatic carbocycles. The lowest BCUT2D eigenvalue weighted by molar-refractivity contribution is -0.127. The van der Waals surface area contributed by atoms with Gasteiger partial charge in [0.1, 0.15) is 22.9 Å². The second-order valence-corrected chi connectivity index (χ2v) is 16.5. The van der Waals surface area contributed by atoms with Gasteiger partial charge >= 0.3 is 0 Å². The summed E-state index contributed by atoms with van der Waals surface area (Å²) in [4.78, 5) is 78.7. The largest absolute Gasteiger partial charge is 0.494 e. The summed E-state index contributed by atoms with van der Waals surface area (Å²) in [6, 6.07) is 21.8. The van der Waals surface area contributed by atoms with Crippen molar-refractivity contribution in [3.8, 4) is 11.5 Å². The normalized spacial score (nSPS) is 13.0. The zero-order chi connectivity index (χ0) is 48.2. The fourth-order valence-corrected chi connectivity index (χ4v) is 6.55. The molecule has 16 nitrogen and oxygen atoms in total. The third kappa shape index (κ3) is 13.2. The van der Waals surface area contributed by atoms with Crippen molar-refractivity contribution in [2.45, 2.75) is 50.5 Å². The highest BCUT2D eigenvalue weighted by Crippen LogP contribution is 2.37. The van der Waals surface area contributed by atoms with Crippen LogP contribution in [0.25, 0.3) is 0 Å². The van der Waals surface area contributed by atoms with Gasteiger partial charge in [0, 0.05) is 34.6 Å². The summed E-state index contributed by atoms with van der Waals surface area (Å²) in [6.07, 6.45) is 0. The molecule has 5 aromatic carbocycles. The number of hydrogen-bond donors (Lipinski definition) is 4. The molecule has 4 N–H and O–H groups in total. The molecule has 20 heteroatoms. The second-order valence-electron chi connectivity index (χ2n) is 14.4. The van der Waals surface area contributed by atoms with Crippen molar-refractivity contribution in [3.05, 3.63) is 129 Å². The first kappa shape index (κ1) is 50.3. The minimum atomic E-state index is -1.68. The van der Waals surface area contributed by atoms with Crippen LogP contribution in [0.5, 0.6) is 11.5 Å². The summed E-state index contributed by atoms with van der Waals surface area (Å²) in [7, 11) is 2.57. The molecule has 0 fully saturated rings. The van der Waals surface area contributed by atoms with E-state index in [0.29, 0.717) is 11.4 Å². The first-order chi connectivity index (χ1) is 31.4. The predicted molar refractivity (Wildman–Crippen MR) is 255 cm³/mol. The number of nitrogens with one attached hydrogen (secondary N) is 4. The number of carbonyl (C=O) groups excluding carboxylic acids is 6. The lowest BCUT2D eigenvalue weighted by atomic mass is 10.1. The fourth-order valence-electron chi connectivity index (χ4n) is 5.97. The highest BCUT2D eigenvalue weighted by Gasteiger charge is 2.28. The van der Waals surface area contributed by atoms with E-state index in [1.54, 1.807) is 50.2 Å². The van der Waals surface area contributed by atoms with Crippen molar-refractivity contribution in [2.75, 3.05) is 35.5 Å². The van der Waals surface area contributed by atoms with Crippen molar-refractivity contribution in [3.63, 3.8) is 0 Å². The molecule has 5 aromatic rings. The molecule has 0 aromatic heterocycles. The van der Waals surface area contributed by atoms with Gasteiger partial charge in [0.15, 0.2) is 11.6 Å². The monoisotopic (exact) mass is 974 g/mol. The van der Waals surface area contributed by atoms with Crippen LogP contribution in [0.4, 0.5) is 34.1 Å². The van der Waals surface area contributed by atoms with Crippen LogP contribution in [-0.2, 0) is 19.2 Å². The Morgan fingerprint density at radius 2 is 0.909 bits per heavy atom. The minimum Gasteiger partial charge on any atom is -0.494 e. The molecular weight excluding hydrogens is 934 g/mol. The van der Waals surface area contributed by atoms with Crippen molar-refractivity contribution in [2.24, 2.45) is 20.5 Å². The zero-order valence-electron chi connectivity index (χ0n) is 36.1. The summed E-state index contributed by atoms with van der Waals surface area (Å²) >= 11 is 25.1. The van der Waals surface area contributed by atoms with Gasteiger partial charge in [-0.15, -0.1) is 23.2 Å². The number of amides is 4. The van der Waals surface area contributed by atoms with Crippen LogP contribution in [0.3, 0.4) is 0 Å². The molecule has 0 saturated heterocycles. The van der Waals surface area contributed by atoms with E-state index in [9.17, 15) is 28.8 Å². The minimum absolute atomic E-state index is 0.00161. The number of rotatable bonds is 18. The molecule has 0 aliphatic heterocycles. The number of nitrogens with zero attached hydrogens (tertiary/aromatic N) is 4. The number of methoxy groups -OCH3 is 2. The number of halogens is 4. The van der Waals surface area contributed by atoms with Crippen molar-refractivity contribution in [1.82, 2.24) is 0 Å². The Morgan fingerprint density at radius 1 is 0.530 bits per heavy atom. The lowest BCUT2D eigenvalue weighted by Gasteiger charge is -2.18. The maximum Gasteiger partial charge on any atom is 0.258 e. The second kappa shape index (κ2) is 22.9. The van der Waals surface area contributed by atoms with Gasteiger partial charge in [-0.3, -0.25) is 28.8 Å². The van der Waals surface area contributed by atoms with Gasteiger partial charge in [-0.25, -0.2) is 0 Å². The van der Waals surface area contributed by atoms with Gasteiger partial charge in [0.2, 0.25) is 12.1 Å². The Morgan fingerprint density at radius 3 is 1.24 bits per heavy atom. The van der Waals surface area contributed by atoms with Crippen LogP contribution in [0.15, 0.2) is 118 Å². The van der Waals surface area contributed by atoms with Crippen LogP contribution < -0.4 is 30.7 Å². The van der Waals surface area contributed by atoms with Gasteiger partial charge in [-0.05, 0) is 99.5 Å². The highest BCUT2D eigenvalue weighted by atomic mass is 35.5. The number of Topliss-reactive ketones (excluding diaryl/α,β-unsaturated/α-hetero) is 2. The van der Waals surface area contributed by atoms with Crippen LogP contribution in [0.2, 0.25) is 10.0 Å². The molecule has 4 unspecified atom stereocenters. The van der Waals surface area contributed by atoms with E-state index in [1.165, 1.54) is 62.8 Å². The van der Waals surface area contributed by atoms with Gasteiger partial charge in [0.25, 0.3) is 23.6 Å². The maximum atomic E-state index is 13.5. The van der Waals surface area contributed by atoms with E-state index in [4.69, 9.17) is 55.9 Å². The van der Waals surface area contributed by atoms with Gasteiger partial charge in [-0.1, -0.05) is 47.5 Å². The molecule has 66 heavy (non-hydrogen) atoms. The molecule has 4 amide bonds. The number of alkyl halides is 2. The molecule has 342 valence electrons. The van der Waals surface area contributed by atoms with E-state index < -0.39 is 47.3 Å². The molecule has 0 bridgehead atoms. The number of carbonyl (C=O) groups is 6. The predicted octanol–water partition coefficient (Wildman–Crippen LogP) is 11.5. The Bertz CT molecular complexity index is 2560. The van der Waals surface area contributed by atoms with Gasteiger partial charge in [-0.2, -0.15) is 20.5 Å². The molecular formula is C46H42Cl4N8O8. The van der Waals surface area contributed by atoms with E-state index >= 15 is 0 Å². The molecule has 5 rings (SSSR count). The van der Waals surface area contributed by atoms with E-state index in [0.717, 1.165) is 25.0 Å².